The van der Waals surface area contributed by atoms with Crippen LogP contribution in [0.5, 0.6) is 5.75 Å². The summed E-state index contributed by atoms with van der Waals surface area (Å²) in [6.07, 6.45) is 0. The number of piperazine rings is 1. The molecule has 0 N–H and O–H groups in total. The summed E-state index contributed by atoms with van der Waals surface area (Å²) >= 11 is 11.6. The van der Waals surface area contributed by atoms with E-state index >= 15 is 0 Å². The monoisotopic (exact) mass is 443 g/mol. The van der Waals surface area contributed by atoms with E-state index in [0.717, 1.165) is 59.7 Å². The Morgan fingerprint density at radius 1 is 0.967 bits per heavy atom. The summed E-state index contributed by atoms with van der Waals surface area (Å²) < 4.78 is 9.86. The van der Waals surface area contributed by atoms with Crippen molar-refractivity contribution in [3.63, 3.8) is 0 Å². The minimum atomic E-state index is 0.706. The Morgan fingerprint density at radius 2 is 1.60 bits per heavy atom. The second kappa shape index (κ2) is 9.31. The summed E-state index contributed by atoms with van der Waals surface area (Å²) in [5.74, 6) is 1.69. The van der Waals surface area contributed by atoms with Gasteiger partial charge in [0.2, 0.25) is 0 Å². The van der Waals surface area contributed by atoms with E-state index in [4.69, 9.17) is 33.7 Å². The predicted molar refractivity (Wildman–Crippen MR) is 122 cm³/mol. The Kier molecular flexibility index (Phi) is 6.53. The molecule has 1 aliphatic rings. The lowest BCUT2D eigenvalue weighted by Crippen LogP contribution is -2.46. The minimum Gasteiger partial charge on any atom is -0.497 e. The van der Waals surface area contributed by atoms with Gasteiger partial charge in [-0.05, 0) is 54.2 Å². The van der Waals surface area contributed by atoms with E-state index in [1.54, 1.807) is 7.11 Å². The Bertz CT molecular complexity index is 1040. The first-order valence-electron chi connectivity index (χ1n) is 10.0. The van der Waals surface area contributed by atoms with Crippen LogP contribution in [0, 0.1) is 4.77 Å². The van der Waals surface area contributed by atoms with Crippen LogP contribution in [0.15, 0.2) is 48.5 Å². The van der Waals surface area contributed by atoms with Crippen LogP contribution >= 0.6 is 23.8 Å². The summed E-state index contributed by atoms with van der Waals surface area (Å²) in [7, 11) is 3.63. The van der Waals surface area contributed by atoms with Gasteiger partial charge in [-0.25, -0.2) is 4.68 Å². The van der Waals surface area contributed by atoms with Crippen molar-refractivity contribution in [3.8, 4) is 17.1 Å². The zero-order chi connectivity index (χ0) is 21.1. The molecular weight excluding hydrogens is 418 g/mol. The molecule has 2 heterocycles. The summed E-state index contributed by atoms with van der Waals surface area (Å²) in [6.45, 7) is 5.68. The summed E-state index contributed by atoms with van der Waals surface area (Å²) in [5, 5.41) is 5.57. The van der Waals surface area contributed by atoms with Gasteiger partial charge in [-0.1, -0.05) is 23.7 Å². The zero-order valence-corrected chi connectivity index (χ0v) is 18.9. The molecule has 1 fully saturated rings. The Hall–Kier alpha value is -2.19. The molecule has 8 heteroatoms. The van der Waals surface area contributed by atoms with E-state index in [0.29, 0.717) is 6.67 Å². The molecule has 0 radical (unpaired) electrons. The minimum absolute atomic E-state index is 0.706. The maximum Gasteiger partial charge on any atom is 0.199 e. The van der Waals surface area contributed by atoms with E-state index in [-0.39, 0.29) is 0 Å². The molecule has 1 saturated heterocycles. The summed E-state index contributed by atoms with van der Waals surface area (Å²) in [6, 6.07) is 16.0. The molecule has 0 bridgehead atoms. The molecule has 6 nitrogen and oxygen atoms in total. The number of ether oxygens (including phenoxy) is 1. The molecule has 0 saturated carbocycles. The van der Waals surface area contributed by atoms with Gasteiger partial charge in [0.25, 0.3) is 0 Å². The van der Waals surface area contributed by atoms with Gasteiger partial charge >= 0.3 is 0 Å². The van der Waals surface area contributed by atoms with Crippen LogP contribution in [0.2, 0.25) is 5.02 Å². The molecular formula is C22H26ClN5OS. The molecule has 4 rings (SSSR count). The molecule has 2 aromatic carbocycles. The maximum atomic E-state index is 5.98. The van der Waals surface area contributed by atoms with Crippen LogP contribution in [0.25, 0.3) is 11.4 Å². The molecule has 158 valence electrons. The van der Waals surface area contributed by atoms with Crippen LogP contribution in [-0.2, 0) is 20.3 Å². The van der Waals surface area contributed by atoms with E-state index in [2.05, 4.69) is 21.9 Å². The highest BCUT2D eigenvalue weighted by Gasteiger charge is 2.19. The van der Waals surface area contributed by atoms with E-state index < -0.39 is 0 Å². The molecule has 0 atom stereocenters. The lowest BCUT2D eigenvalue weighted by molar-refractivity contribution is 0.0981. The fourth-order valence-corrected chi connectivity index (χ4v) is 4.01. The first kappa shape index (κ1) is 21.1. The number of benzene rings is 2. The van der Waals surface area contributed by atoms with Crippen molar-refractivity contribution in [2.45, 2.75) is 13.2 Å². The van der Waals surface area contributed by atoms with Gasteiger partial charge < -0.3 is 9.30 Å². The average molecular weight is 444 g/mol. The van der Waals surface area contributed by atoms with Crippen LogP contribution in [-0.4, -0.2) is 57.4 Å². The van der Waals surface area contributed by atoms with Crippen LogP contribution in [0.4, 0.5) is 0 Å². The lowest BCUT2D eigenvalue weighted by atomic mass is 10.2. The molecule has 0 amide bonds. The van der Waals surface area contributed by atoms with Crippen molar-refractivity contribution in [3.05, 3.63) is 63.9 Å². The van der Waals surface area contributed by atoms with E-state index in [9.17, 15) is 0 Å². The van der Waals surface area contributed by atoms with Crippen molar-refractivity contribution in [1.82, 2.24) is 24.1 Å². The number of methoxy groups -OCH3 is 1. The van der Waals surface area contributed by atoms with Gasteiger partial charge in [-0.2, -0.15) is 5.10 Å². The average Bonchev–Trinajstić information content (AvgIpc) is 3.05. The van der Waals surface area contributed by atoms with Gasteiger partial charge in [0, 0.05) is 50.4 Å². The molecule has 0 spiro atoms. The number of nitrogens with zero attached hydrogens (tertiary/aromatic N) is 5. The quantitative estimate of drug-likeness (QED) is 0.537. The highest BCUT2D eigenvalue weighted by Crippen LogP contribution is 2.21. The second-order valence-electron chi connectivity index (χ2n) is 7.56. The third-order valence-electron chi connectivity index (χ3n) is 5.51. The molecule has 30 heavy (non-hydrogen) atoms. The Labute approximate surface area is 187 Å². The van der Waals surface area contributed by atoms with Crippen LogP contribution in [0.3, 0.4) is 0 Å². The van der Waals surface area contributed by atoms with Crippen molar-refractivity contribution in [2.24, 2.45) is 7.05 Å². The summed E-state index contributed by atoms with van der Waals surface area (Å²) in [4.78, 5) is 4.87. The molecule has 0 unspecified atom stereocenters. The normalized spacial score (nSPS) is 15.4. The molecule has 1 aliphatic heterocycles. The smallest absolute Gasteiger partial charge is 0.199 e. The number of hydrogen-bond donors (Lipinski definition) is 0. The van der Waals surface area contributed by atoms with Crippen LogP contribution < -0.4 is 4.74 Å². The molecule has 0 aliphatic carbocycles. The highest BCUT2D eigenvalue weighted by molar-refractivity contribution is 7.71. The topological polar surface area (TPSA) is 38.5 Å². The predicted octanol–water partition coefficient (Wildman–Crippen LogP) is 4.06. The highest BCUT2D eigenvalue weighted by atomic mass is 35.5. The molecule has 3 aromatic rings. The third-order valence-corrected chi connectivity index (χ3v) is 6.24. The maximum absolute atomic E-state index is 5.98. The van der Waals surface area contributed by atoms with E-state index in [1.165, 1.54) is 5.56 Å². The standard InChI is InChI=1S/C22H26ClN5OS/c1-25-21(18-5-9-20(29-2)10-6-18)24-28(22(25)30)16-27-13-11-26(12-14-27)15-17-3-7-19(23)8-4-17/h3-10H,11-16H2,1-2H3. The van der Waals surface area contributed by atoms with Crippen molar-refractivity contribution >= 4 is 23.8 Å². The van der Waals surface area contributed by atoms with Crippen molar-refractivity contribution < 1.29 is 4.74 Å². The lowest BCUT2D eigenvalue weighted by Gasteiger charge is -2.34. The number of rotatable bonds is 6. The SMILES string of the molecule is COc1ccc(-c2nn(CN3CCN(Cc4ccc(Cl)cc4)CC3)c(=S)n2C)cc1. The number of aromatic nitrogens is 3. The zero-order valence-electron chi connectivity index (χ0n) is 17.3. The second-order valence-corrected chi connectivity index (χ2v) is 8.36. The molecule has 1 aromatic heterocycles. The first-order valence-corrected chi connectivity index (χ1v) is 10.8. The third kappa shape index (κ3) is 4.75. The Balaban J connectivity index is 1.38. The van der Waals surface area contributed by atoms with Gasteiger partial charge in [0.1, 0.15) is 5.75 Å². The van der Waals surface area contributed by atoms with Crippen LogP contribution in [0.1, 0.15) is 5.56 Å². The van der Waals surface area contributed by atoms with E-state index in [1.807, 2.05) is 52.7 Å². The fraction of sp³-hybridized carbons (Fsp3) is 0.364. The first-order chi connectivity index (χ1) is 14.5. The number of halogens is 1. The van der Waals surface area contributed by atoms with Crippen molar-refractivity contribution in [2.75, 3.05) is 33.3 Å². The fourth-order valence-electron chi connectivity index (χ4n) is 3.70. The van der Waals surface area contributed by atoms with Gasteiger partial charge in [-0.15, -0.1) is 0 Å². The summed E-state index contributed by atoms with van der Waals surface area (Å²) in [5.41, 5.74) is 2.32. The Morgan fingerprint density at radius 3 is 2.23 bits per heavy atom. The van der Waals surface area contributed by atoms with Crippen molar-refractivity contribution in [1.29, 1.82) is 0 Å². The van der Waals surface area contributed by atoms with Gasteiger partial charge in [0.15, 0.2) is 10.6 Å². The van der Waals surface area contributed by atoms with Gasteiger partial charge in [0.05, 0.1) is 13.8 Å². The number of hydrogen-bond acceptors (Lipinski definition) is 5. The largest absolute Gasteiger partial charge is 0.497 e. The van der Waals surface area contributed by atoms with Gasteiger partial charge in [-0.3, -0.25) is 9.80 Å².